The third-order valence-electron chi connectivity index (χ3n) is 3.75. The molecule has 1 rings (SSSR count). The maximum atomic E-state index is 10.8. The van der Waals surface area contributed by atoms with E-state index in [0.29, 0.717) is 5.78 Å². The molecule has 1 atom stereocenters. The van der Waals surface area contributed by atoms with Crippen LogP contribution in [0.2, 0.25) is 0 Å². The Hall–Kier alpha value is -0.410. The largest absolute Gasteiger partial charge is 0.305 e. The van der Waals surface area contributed by atoms with Crippen molar-refractivity contribution in [1.82, 2.24) is 9.80 Å². The minimum atomic E-state index is 0.320. The molecule has 1 fully saturated rings. The average Bonchev–Trinajstić information content (AvgIpc) is 2.71. The van der Waals surface area contributed by atoms with E-state index in [1.165, 1.54) is 32.5 Å². The number of nitrogens with zero attached hydrogens (tertiary/aromatic N) is 2. The lowest BCUT2D eigenvalue weighted by atomic mass is 10.1. The number of Topliss-reactive ketones (excluding diaryl/α,β-unsaturated/α-hetero) is 1. The Bertz CT molecular complexity index is 230. The smallest absolute Gasteiger partial charge is 0.129 e. The summed E-state index contributed by atoms with van der Waals surface area (Å²) in [6.45, 7) is 8.71. The van der Waals surface area contributed by atoms with Crippen molar-refractivity contribution in [3.8, 4) is 0 Å². The van der Waals surface area contributed by atoms with E-state index in [9.17, 15) is 4.79 Å². The van der Waals surface area contributed by atoms with Crippen LogP contribution in [-0.2, 0) is 4.79 Å². The highest BCUT2D eigenvalue weighted by Crippen LogP contribution is 2.17. The number of carbonyl (C=O) groups is 1. The molecule has 3 heteroatoms. The molecule has 100 valence electrons. The molecule has 1 saturated heterocycles. The Kier molecular flexibility index (Phi) is 6.75. The van der Waals surface area contributed by atoms with Crippen molar-refractivity contribution in [2.45, 2.75) is 52.0 Å². The molecule has 0 aromatic heterocycles. The van der Waals surface area contributed by atoms with Gasteiger partial charge in [-0.05, 0) is 59.3 Å². The zero-order valence-electron chi connectivity index (χ0n) is 11.7. The topological polar surface area (TPSA) is 23.6 Å². The van der Waals surface area contributed by atoms with Gasteiger partial charge in [-0.25, -0.2) is 0 Å². The summed E-state index contributed by atoms with van der Waals surface area (Å²) in [7, 11) is 2.21. The predicted molar refractivity (Wildman–Crippen MR) is 72.3 cm³/mol. The van der Waals surface area contributed by atoms with Gasteiger partial charge in [0.1, 0.15) is 5.78 Å². The molecule has 0 amide bonds. The Balaban J connectivity index is 2.11. The number of likely N-dealkylation sites (N-methyl/N-ethyl adjacent to an activating group) is 2. The van der Waals surface area contributed by atoms with Gasteiger partial charge < -0.3 is 9.69 Å². The first-order chi connectivity index (χ1) is 8.13. The molecule has 3 nitrogen and oxygen atoms in total. The van der Waals surface area contributed by atoms with Crippen molar-refractivity contribution in [2.75, 3.05) is 33.2 Å². The quantitative estimate of drug-likeness (QED) is 0.607. The van der Waals surface area contributed by atoms with Crippen LogP contribution in [0.3, 0.4) is 0 Å². The second-order valence-corrected chi connectivity index (χ2v) is 5.35. The Labute approximate surface area is 106 Å². The zero-order chi connectivity index (χ0) is 12.7. The second-order valence-electron chi connectivity index (χ2n) is 5.35. The molecule has 0 radical (unpaired) electrons. The molecular weight excluding hydrogens is 212 g/mol. The number of ketones is 1. The molecule has 0 N–H and O–H groups in total. The van der Waals surface area contributed by atoms with E-state index >= 15 is 0 Å². The molecule has 0 aromatic carbocycles. The fraction of sp³-hybridized carbons (Fsp3) is 0.929. The summed E-state index contributed by atoms with van der Waals surface area (Å²) in [5.74, 6) is 0.320. The molecule has 0 bridgehead atoms. The summed E-state index contributed by atoms with van der Waals surface area (Å²) in [6.07, 6.45) is 5.65. The van der Waals surface area contributed by atoms with E-state index in [1.807, 2.05) is 0 Å². The molecule has 1 unspecified atom stereocenters. The predicted octanol–water partition coefficient (Wildman–Crippen LogP) is 2.16. The van der Waals surface area contributed by atoms with Gasteiger partial charge in [0.25, 0.3) is 0 Å². The highest BCUT2D eigenvalue weighted by Gasteiger charge is 2.23. The minimum absolute atomic E-state index is 0.320. The summed E-state index contributed by atoms with van der Waals surface area (Å²) in [5, 5.41) is 0. The van der Waals surface area contributed by atoms with Crippen LogP contribution in [0.4, 0.5) is 0 Å². The van der Waals surface area contributed by atoms with Crippen molar-refractivity contribution >= 4 is 5.78 Å². The zero-order valence-corrected chi connectivity index (χ0v) is 11.7. The van der Waals surface area contributed by atoms with Gasteiger partial charge in [-0.1, -0.05) is 6.92 Å². The molecule has 0 spiro atoms. The minimum Gasteiger partial charge on any atom is -0.305 e. The number of carbonyl (C=O) groups excluding carboxylic acids is 1. The molecule has 1 aliphatic rings. The second kappa shape index (κ2) is 7.83. The van der Waals surface area contributed by atoms with Gasteiger partial charge in [-0.15, -0.1) is 0 Å². The fourth-order valence-corrected chi connectivity index (χ4v) is 2.72. The lowest BCUT2D eigenvalue weighted by Crippen LogP contribution is -2.39. The first-order valence-corrected chi connectivity index (χ1v) is 7.05. The Morgan fingerprint density at radius 2 is 2.18 bits per heavy atom. The molecule has 0 aromatic rings. The SMILES string of the molecule is CCN1CCCC1CN(C)CCCCC(C)=O. The highest BCUT2D eigenvalue weighted by atomic mass is 16.1. The van der Waals surface area contributed by atoms with Crippen molar-refractivity contribution in [3.63, 3.8) is 0 Å². The van der Waals surface area contributed by atoms with Gasteiger partial charge in [-0.2, -0.15) is 0 Å². The average molecular weight is 240 g/mol. The molecule has 0 aliphatic carbocycles. The summed E-state index contributed by atoms with van der Waals surface area (Å²) in [5.41, 5.74) is 0. The van der Waals surface area contributed by atoms with Crippen LogP contribution in [0, 0.1) is 0 Å². The number of unbranched alkanes of at least 4 members (excludes halogenated alkanes) is 1. The first-order valence-electron chi connectivity index (χ1n) is 7.05. The first kappa shape index (κ1) is 14.7. The van der Waals surface area contributed by atoms with Crippen LogP contribution < -0.4 is 0 Å². The van der Waals surface area contributed by atoms with Gasteiger partial charge in [0.15, 0.2) is 0 Å². The van der Waals surface area contributed by atoms with E-state index in [2.05, 4.69) is 23.8 Å². The highest BCUT2D eigenvalue weighted by molar-refractivity contribution is 5.75. The van der Waals surface area contributed by atoms with Gasteiger partial charge in [-0.3, -0.25) is 4.90 Å². The normalized spacial score (nSPS) is 21.3. The number of likely N-dealkylation sites (tertiary alicyclic amines) is 1. The lowest BCUT2D eigenvalue weighted by molar-refractivity contribution is -0.117. The van der Waals surface area contributed by atoms with Gasteiger partial charge in [0.05, 0.1) is 0 Å². The molecule has 17 heavy (non-hydrogen) atoms. The van der Waals surface area contributed by atoms with Crippen LogP contribution in [0.1, 0.15) is 46.0 Å². The van der Waals surface area contributed by atoms with Gasteiger partial charge >= 0.3 is 0 Å². The summed E-state index contributed by atoms with van der Waals surface area (Å²) in [4.78, 5) is 15.8. The third-order valence-corrected chi connectivity index (χ3v) is 3.75. The number of rotatable bonds is 8. The Morgan fingerprint density at radius 1 is 1.41 bits per heavy atom. The van der Waals surface area contributed by atoms with E-state index < -0.39 is 0 Å². The molecular formula is C14H28N2O. The molecule has 0 saturated carbocycles. The maximum absolute atomic E-state index is 10.8. The van der Waals surface area contributed by atoms with Crippen molar-refractivity contribution < 1.29 is 4.79 Å². The molecule has 1 heterocycles. The number of hydrogen-bond acceptors (Lipinski definition) is 3. The standard InChI is InChI=1S/C14H28N2O/c1-4-16-11-7-9-14(16)12-15(3)10-6-5-8-13(2)17/h14H,4-12H2,1-3H3. The van der Waals surface area contributed by atoms with Crippen LogP contribution in [-0.4, -0.2) is 54.9 Å². The number of hydrogen-bond donors (Lipinski definition) is 0. The van der Waals surface area contributed by atoms with Crippen LogP contribution >= 0.6 is 0 Å². The lowest BCUT2D eigenvalue weighted by Gasteiger charge is -2.27. The van der Waals surface area contributed by atoms with Crippen molar-refractivity contribution in [3.05, 3.63) is 0 Å². The van der Waals surface area contributed by atoms with Gasteiger partial charge in [0.2, 0.25) is 0 Å². The third kappa shape index (κ3) is 5.64. The van der Waals surface area contributed by atoms with E-state index in [1.54, 1.807) is 6.92 Å². The van der Waals surface area contributed by atoms with Crippen LogP contribution in [0.5, 0.6) is 0 Å². The Morgan fingerprint density at radius 3 is 2.82 bits per heavy atom. The van der Waals surface area contributed by atoms with Crippen LogP contribution in [0.15, 0.2) is 0 Å². The van der Waals surface area contributed by atoms with E-state index in [-0.39, 0.29) is 0 Å². The molecule has 1 aliphatic heterocycles. The van der Waals surface area contributed by atoms with Crippen LogP contribution in [0.25, 0.3) is 0 Å². The summed E-state index contributed by atoms with van der Waals surface area (Å²) < 4.78 is 0. The maximum Gasteiger partial charge on any atom is 0.129 e. The summed E-state index contributed by atoms with van der Waals surface area (Å²) in [6, 6.07) is 0.762. The van der Waals surface area contributed by atoms with Crippen molar-refractivity contribution in [2.24, 2.45) is 0 Å². The van der Waals surface area contributed by atoms with E-state index in [4.69, 9.17) is 0 Å². The van der Waals surface area contributed by atoms with Gasteiger partial charge in [0, 0.05) is 19.0 Å². The monoisotopic (exact) mass is 240 g/mol. The van der Waals surface area contributed by atoms with Crippen molar-refractivity contribution in [1.29, 1.82) is 0 Å². The summed E-state index contributed by atoms with van der Waals surface area (Å²) >= 11 is 0. The fourth-order valence-electron chi connectivity index (χ4n) is 2.72. The van der Waals surface area contributed by atoms with E-state index in [0.717, 1.165) is 31.8 Å².